The van der Waals surface area contributed by atoms with E-state index in [1.165, 1.54) is 4.90 Å². The Bertz CT molecular complexity index is 1190. The second-order valence-corrected chi connectivity index (χ2v) is 9.05. The van der Waals surface area contributed by atoms with E-state index in [9.17, 15) is 13.6 Å². The Morgan fingerprint density at radius 1 is 1.27 bits per heavy atom. The first-order valence-electron chi connectivity index (χ1n) is 10.8. The second kappa shape index (κ2) is 8.37. The van der Waals surface area contributed by atoms with Gasteiger partial charge in [-0.05, 0) is 43.0 Å². The second-order valence-electron chi connectivity index (χ2n) is 8.61. The van der Waals surface area contributed by atoms with Crippen LogP contribution in [-0.2, 0) is 0 Å². The van der Waals surface area contributed by atoms with Crippen molar-refractivity contribution in [1.29, 1.82) is 0 Å². The first-order chi connectivity index (χ1) is 15.8. The summed E-state index contributed by atoms with van der Waals surface area (Å²) in [4.78, 5) is 23.6. The van der Waals surface area contributed by atoms with Gasteiger partial charge < -0.3 is 14.7 Å². The van der Waals surface area contributed by atoms with E-state index in [1.54, 1.807) is 37.3 Å². The fourth-order valence-corrected chi connectivity index (χ4v) is 4.27. The van der Waals surface area contributed by atoms with Crippen LogP contribution < -0.4 is 10.2 Å². The minimum atomic E-state index is -2.77. The molecule has 7 nitrogen and oxygen atoms in total. The first kappa shape index (κ1) is 21.8. The number of hydrogen-bond donors (Lipinski definition) is 1. The summed E-state index contributed by atoms with van der Waals surface area (Å²) in [6, 6.07) is 10.5. The Morgan fingerprint density at radius 3 is 2.70 bits per heavy atom. The molecule has 33 heavy (non-hydrogen) atoms. The van der Waals surface area contributed by atoms with Crippen LogP contribution in [0.1, 0.15) is 41.0 Å². The summed E-state index contributed by atoms with van der Waals surface area (Å²) in [5.41, 5.74) is 1.74. The Labute approximate surface area is 194 Å². The molecule has 1 aromatic carbocycles. The van der Waals surface area contributed by atoms with Crippen molar-refractivity contribution >= 4 is 23.2 Å². The zero-order chi connectivity index (χ0) is 23.2. The van der Waals surface area contributed by atoms with Crippen molar-refractivity contribution in [2.75, 3.05) is 24.5 Å². The number of halogens is 3. The van der Waals surface area contributed by atoms with E-state index < -0.39 is 24.9 Å². The van der Waals surface area contributed by atoms with Crippen molar-refractivity contribution < 1.29 is 18.1 Å². The number of aromatic nitrogens is 3. The quantitative estimate of drug-likeness (QED) is 0.545. The molecule has 5 rings (SSSR count). The molecule has 0 radical (unpaired) electrons. The van der Waals surface area contributed by atoms with Crippen molar-refractivity contribution in [2.45, 2.75) is 31.6 Å². The largest absolute Gasteiger partial charge is 0.357 e. The lowest BCUT2D eigenvalue weighted by molar-refractivity contribution is -0.0263. The number of benzene rings is 1. The molecule has 2 aromatic heterocycles. The molecule has 1 aliphatic carbocycles. The molecule has 10 heteroatoms. The maximum Gasteiger partial charge on any atom is 0.282 e. The summed E-state index contributed by atoms with van der Waals surface area (Å²) in [6.07, 6.45) is 2.06. The molecule has 172 valence electrons. The highest BCUT2D eigenvalue weighted by Gasteiger charge is 2.45. The van der Waals surface area contributed by atoms with Gasteiger partial charge in [-0.25, -0.2) is 13.8 Å². The van der Waals surface area contributed by atoms with Crippen LogP contribution in [0, 0.1) is 12.8 Å². The number of carbonyl (C=O) groups excluding carboxylic acids is 1. The molecule has 0 spiro atoms. The van der Waals surface area contributed by atoms with Gasteiger partial charge in [-0.15, -0.1) is 0 Å². The average molecular weight is 474 g/mol. The third kappa shape index (κ3) is 4.68. The van der Waals surface area contributed by atoms with E-state index in [0.29, 0.717) is 40.6 Å². The molecule has 1 aliphatic heterocycles. The lowest BCUT2D eigenvalue weighted by atomic mass is 10.0. The van der Waals surface area contributed by atoms with Crippen LogP contribution in [0.5, 0.6) is 0 Å². The summed E-state index contributed by atoms with van der Waals surface area (Å²) in [5.74, 6) is -1.86. The molecule has 3 heterocycles. The van der Waals surface area contributed by atoms with Crippen LogP contribution in [0.25, 0.3) is 11.3 Å². The summed E-state index contributed by atoms with van der Waals surface area (Å²) in [7, 11) is 0. The minimum Gasteiger partial charge on any atom is -0.357 e. The molecule has 1 saturated heterocycles. The zero-order valence-corrected chi connectivity index (χ0v) is 18.6. The average Bonchev–Trinajstić information content (AvgIpc) is 3.52. The molecule has 2 fully saturated rings. The number of amides is 1. The number of alkyl halides is 2. The first-order valence-corrected chi connectivity index (χ1v) is 11.1. The Kier molecular flexibility index (Phi) is 5.52. The number of aryl methyl sites for hydroxylation is 1. The zero-order valence-electron chi connectivity index (χ0n) is 17.9. The Morgan fingerprint density at radius 2 is 2.06 bits per heavy atom. The highest BCUT2D eigenvalue weighted by Crippen LogP contribution is 2.41. The van der Waals surface area contributed by atoms with Crippen molar-refractivity contribution in [3.8, 4) is 11.3 Å². The molecule has 1 atom stereocenters. The number of carbonyl (C=O) groups is 1. The number of anilines is 1. The molecular weight excluding hydrogens is 452 g/mol. The van der Waals surface area contributed by atoms with Gasteiger partial charge in [0.15, 0.2) is 11.5 Å². The predicted octanol–water partition coefficient (Wildman–Crippen LogP) is 4.47. The SMILES string of the molecule is Cc1nc([C@H](CNC(=O)c2nc(-c3cccc(Cl)c3)ccc2N2CC(F)(F)C2)C2CC2)no1. The normalized spacial score (nSPS) is 18.0. The lowest BCUT2D eigenvalue weighted by Crippen LogP contribution is -2.57. The van der Waals surface area contributed by atoms with Gasteiger partial charge in [-0.2, -0.15) is 4.98 Å². The third-order valence-electron chi connectivity index (χ3n) is 5.94. The summed E-state index contributed by atoms with van der Waals surface area (Å²) >= 11 is 6.10. The van der Waals surface area contributed by atoms with Gasteiger partial charge in [0.05, 0.1) is 24.5 Å². The predicted molar refractivity (Wildman–Crippen MR) is 119 cm³/mol. The van der Waals surface area contributed by atoms with Gasteiger partial charge in [0, 0.05) is 30.0 Å². The standard InChI is InChI=1S/C23H22ClF2N5O2/c1-13-28-21(30-33-13)17(14-5-6-14)10-27-22(32)20-19(31-11-23(25,26)12-31)8-7-18(29-20)15-3-2-4-16(24)9-15/h2-4,7-9,14,17H,5-6,10-12H2,1H3,(H,27,32)/t17-/m1/s1. The highest BCUT2D eigenvalue weighted by atomic mass is 35.5. The number of nitrogens with one attached hydrogen (secondary N) is 1. The number of nitrogens with zero attached hydrogens (tertiary/aromatic N) is 4. The van der Waals surface area contributed by atoms with Crippen molar-refractivity contribution in [1.82, 2.24) is 20.4 Å². The summed E-state index contributed by atoms with van der Waals surface area (Å²) in [5, 5.41) is 7.47. The van der Waals surface area contributed by atoms with Crippen LogP contribution >= 0.6 is 11.6 Å². The molecule has 3 aromatic rings. The lowest BCUT2D eigenvalue weighted by Gasteiger charge is -2.40. The topological polar surface area (TPSA) is 84.2 Å². The summed E-state index contributed by atoms with van der Waals surface area (Å²) in [6.45, 7) is 1.14. The third-order valence-corrected chi connectivity index (χ3v) is 6.18. The van der Waals surface area contributed by atoms with Crippen LogP contribution in [0.2, 0.25) is 5.02 Å². The molecule has 0 bridgehead atoms. The Hall–Kier alpha value is -3.07. The molecule has 2 aliphatic rings. The maximum absolute atomic E-state index is 13.5. The smallest absolute Gasteiger partial charge is 0.282 e. The van der Waals surface area contributed by atoms with Crippen LogP contribution in [0.15, 0.2) is 40.9 Å². The van der Waals surface area contributed by atoms with Gasteiger partial charge in [-0.1, -0.05) is 28.9 Å². The van der Waals surface area contributed by atoms with Crippen LogP contribution in [0.3, 0.4) is 0 Å². The molecular formula is C23H22ClF2N5O2. The van der Waals surface area contributed by atoms with E-state index in [1.807, 2.05) is 6.07 Å². The Balaban J connectivity index is 1.41. The highest BCUT2D eigenvalue weighted by molar-refractivity contribution is 6.30. The van der Waals surface area contributed by atoms with Crippen molar-refractivity contribution in [2.24, 2.45) is 5.92 Å². The van der Waals surface area contributed by atoms with Gasteiger partial charge in [0.1, 0.15) is 0 Å². The van der Waals surface area contributed by atoms with Gasteiger partial charge >= 0.3 is 0 Å². The van der Waals surface area contributed by atoms with Crippen LogP contribution in [0.4, 0.5) is 14.5 Å². The number of hydrogen-bond acceptors (Lipinski definition) is 6. The van der Waals surface area contributed by atoms with E-state index in [2.05, 4.69) is 20.4 Å². The fourth-order valence-electron chi connectivity index (χ4n) is 4.08. The van der Waals surface area contributed by atoms with E-state index >= 15 is 0 Å². The fraction of sp³-hybridized carbons (Fsp3) is 0.391. The number of rotatable bonds is 7. The molecule has 1 saturated carbocycles. The number of pyridine rings is 1. The maximum atomic E-state index is 13.5. The van der Waals surface area contributed by atoms with Gasteiger partial charge in [0.25, 0.3) is 11.8 Å². The minimum absolute atomic E-state index is 0.0701. The van der Waals surface area contributed by atoms with Crippen molar-refractivity contribution in [3.05, 3.63) is 58.8 Å². The molecule has 1 amide bonds. The monoisotopic (exact) mass is 473 g/mol. The van der Waals surface area contributed by atoms with E-state index in [4.69, 9.17) is 16.1 Å². The van der Waals surface area contributed by atoms with Crippen molar-refractivity contribution in [3.63, 3.8) is 0 Å². The van der Waals surface area contributed by atoms with Gasteiger partial charge in [-0.3, -0.25) is 4.79 Å². The van der Waals surface area contributed by atoms with E-state index in [0.717, 1.165) is 18.4 Å². The van der Waals surface area contributed by atoms with Gasteiger partial charge in [0.2, 0.25) is 5.89 Å². The molecule has 0 unspecified atom stereocenters. The van der Waals surface area contributed by atoms with Crippen LogP contribution in [-0.4, -0.2) is 46.6 Å². The van der Waals surface area contributed by atoms with E-state index in [-0.39, 0.29) is 11.6 Å². The summed E-state index contributed by atoms with van der Waals surface area (Å²) < 4.78 is 32.2. The molecule has 1 N–H and O–H groups in total.